The summed E-state index contributed by atoms with van der Waals surface area (Å²) in [5.41, 5.74) is 0.0407. The van der Waals surface area contributed by atoms with Crippen molar-refractivity contribution in [2.75, 3.05) is 26.2 Å². The smallest absolute Gasteiger partial charge is 0.428 e. The fourth-order valence-corrected chi connectivity index (χ4v) is 2.87. The number of piperazine rings is 1. The largest absolute Gasteiger partial charge is 0.461 e. The van der Waals surface area contributed by atoms with E-state index in [2.05, 4.69) is 10.1 Å². The Balaban J connectivity index is 0.00000364. The van der Waals surface area contributed by atoms with E-state index in [1.165, 1.54) is 18.2 Å². The highest BCUT2D eigenvalue weighted by Crippen LogP contribution is 2.38. The molecule has 1 N–H and O–H groups in total. The number of halogens is 8. The van der Waals surface area contributed by atoms with Crippen molar-refractivity contribution in [3.05, 3.63) is 29.8 Å². The zero-order valence-electron chi connectivity index (χ0n) is 14.1. The molecule has 11 heteroatoms. The minimum Gasteiger partial charge on any atom is -0.428 e. The van der Waals surface area contributed by atoms with Crippen molar-refractivity contribution in [2.45, 2.75) is 37.6 Å². The summed E-state index contributed by atoms with van der Waals surface area (Å²) in [5, 5.41) is 3.05. The highest BCUT2D eigenvalue weighted by molar-refractivity contribution is 5.85. The Morgan fingerprint density at radius 2 is 1.63 bits per heavy atom. The van der Waals surface area contributed by atoms with Gasteiger partial charge in [0.2, 0.25) is 0 Å². The Morgan fingerprint density at radius 1 is 1.04 bits per heavy atom. The molecule has 1 aliphatic heterocycles. The van der Waals surface area contributed by atoms with Crippen LogP contribution in [0.15, 0.2) is 24.3 Å². The number of benzene rings is 1. The third kappa shape index (κ3) is 7.00. The van der Waals surface area contributed by atoms with Crippen molar-refractivity contribution in [2.24, 2.45) is 0 Å². The molecule has 0 radical (unpaired) electrons. The summed E-state index contributed by atoms with van der Waals surface area (Å²) in [7, 11) is 0. The normalized spacial score (nSPS) is 17.5. The van der Waals surface area contributed by atoms with Crippen LogP contribution >= 0.6 is 12.4 Å². The first-order valence-electron chi connectivity index (χ1n) is 8.05. The van der Waals surface area contributed by atoms with E-state index in [0.717, 1.165) is 6.07 Å². The van der Waals surface area contributed by atoms with E-state index in [9.17, 15) is 30.7 Å². The number of rotatable bonds is 7. The van der Waals surface area contributed by atoms with Crippen LogP contribution in [0.3, 0.4) is 0 Å². The Morgan fingerprint density at radius 3 is 2.19 bits per heavy atom. The summed E-state index contributed by atoms with van der Waals surface area (Å²) >= 11 is 0. The molecule has 3 nitrogen and oxygen atoms in total. The van der Waals surface area contributed by atoms with Crippen molar-refractivity contribution < 1.29 is 35.5 Å². The van der Waals surface area contributed by atoms with Gasteiger partial charge in [0, 0.05) is 44.2 Å². The second-order valence-electron chi connectivity index (χ2n) is 5.96. The van der Waals surface area contributed by atoms with E-state index in [-0.39, 0.29) is 24.4 Å². The Labute approximate surface area is 158 Å². The summed E-state index contributed by atoms with van der Waals surface area (Å²) in [6.45, 7) is 1.86. The summed E-state index contributed by atoms with van der Waals surface area (Å²) < 4.78 is 93.8. The molecule has 27 heavy (non-hydrogen) atoms. The highest BCUT2D eigenvalue weighted by Gasteiger charge is 2.45. The van der Waals surface area contributed by atoms with Crippen molar-refractivity contribution in [1.82, 2.24) is 10.2 Å². The number of alkyl halides is 7. The first-order chi connectivity index (χ1) is 12.1. The lowest BCUT2D eigenvalue weighted by Gasteiger charge is -2.36. The van der Waals surface area contributed by atoms with Gasteiger partial charge in [-0.25, -0.2) is 0 Å². The lowest BCUT2D eigenvalue weighted by Crippen LogP contribution is -2.45. The molecule has 1 aromatic rings. The van der Waals surface area contributed by atoms with Crippen LogP contribution in [-0.4, -0.2) is 49.8 Å². The van der Waals surface area contributed by atoms with E-state index < -0.39 is 36.9 Å². The quantitative estimate of drug-likeness (QED) is 0.646. The summed E-state index contributed by atoms with van der Waals surface area (Å²) in [5.74, 6) is -0.538. The van der Waals surface area contributed by atoms with E-state index in [1.807, 2.05) is 0 Å². The minimum atomic E-state index is -4.73. The van der Waals surface area contributed by atoms with Crippen molar-refractivity contribution in [1.29, 1.82) is 0 Å². The molecule has 0 aliphatic carbocycles. The maximum Gasteiger partial charge on any atom is 0.461 e. The van der Waals surface area contributed by atoms with Crippen molar-refractivity contribution >= 4 is 12.4 Å². The third-order valence-corrected chi connectivity index (χ3v) is 4.07. The van der Waals surface area contributed by atoms with Gasteiger partial charge >= 0.3 is 18.7 Å². The molecule has 1 fully saturated rings. The molecule has 0 bridgehead atoms. The van der Waals surface area contributed by atoms with Crippen LogP contribution < -0.4 is 10.1 Å². The van der Waals surface area contributed by atoms with E-state index in [1.54, 1.807) is 4.90 Å². The number of hydrogen-bond donors (Lipinski definition) is 1. The van der Waals surface area contributed by atoms with E-state index in [4.69, 9.17) is 0 Å². The topological polar surface area (TPSA) is 24.5 Å². The number of hydrogen-bond acceptors (Lipinski definition) is 3. The van der Waals surface area contributed by atoms with Gasteiger partial charge in [0.25, 0.3) is 0 Å². The van der Waals surface area contributed by atoms with Gasteiger partial charge in [-0.05, 0) is 12.5 Å². The van der Waals surface area contributed by atoms with Gasteiger partial charge in [-0.2, -0.15) is 30.7 Å². The fraction of sp³-hybridized carbons (Fsp3) is 0.625. The summed E-state index contributed by atoms with van der Waals surface area (Å²) in [6.07, 6.45) is -14.7. The first-order valence-corrected chi connectivity index (χ1v) is 8.05. The van der Waals surface area contributed by atoms with Gasteiger partial charge in [0.1, 0.15) is 5.75 Å². The SMILES string of the molecule is Cl.FC(F)C(F)(F)Oc1ccccc1[C@@H](CCC(F)(F)F)N1CCNCC1. The highest BCUT2D eigenvalue weighted by atomic mass is 35.5. The Kier molecular flexibility index (Phi) is 8.62. The molecule has 0 saturated carbocycles. The van der Waals surface area contributed by atoms with Crippen molar-refractivity contribution in [3.8, 4) is 5.75 Å². The molecule has 1 aliphatic rings. The lowest BCUT2D eigenvalue weighted by molar-refractivity contribution is -0.253. The summed E-state index contributed by atoms with van der Waals surface area (Å²) in [6, 6.07) is 4.28. The predicted molar refractivity (Wildman–Crippen MR) is 87.7 cm³/mol. The minimum absolute atomic E-state index is 0. The molecule has 0 unspecified atom stereocenters. The van der Waals surface area contributed by atoms with Gasteiger partial charge < -0.3 is 10.1 Å². The number of para-hydroxylation sites is 1. The second kappa shape index (κ2) is 9.79. The maximum absolute atomic E-state index is 13.3. The number of ether oxygens (including phenoxy) is 1. The average Bonchev–Trinajstić information content (AvgIpc) is 2.56. The van der Waals surface area contributed by atoms with Gasteiger partial charge in [-0.15, -0.1) is 12.4 Å². The maximum atomic E-state index is 13.3. The Bertz CT molecular complexity index is 580. The zero-order chi connectivity index (χ0) is 19.4. The van der Waals surface area contributed by atoms with E-state index in [0.29, 0.717) is 26.2 Å². The van der Waals surface area contributed by atoms with Crippen molar-refractivity contribution in [3.63, 3.8) is 0 Å². The summed E-state index contributed by atoms with van der Waals surface area (Å²) in [4.78, 5) is 1.71. The molecule has 0 amide bonds. The van der Waals surface area contributed by atoms with Crippen LogP contribution in [0.2, 0.25) is 0 Å². The van der Waals surface area contributed by atoms with Crippen LogP contribution in [0, 0.1) is 0 Å². The molecule has 156 valence electrons. The molecule has 1 aromatic carbocycles. The van der Waals surface area contributed by atoms with E-state index >= 15 is 0 Å². The molecule has 0 aromatic heterocycles. The number of nitrogens with one attached hydrogen (secondary N) is 1. The van der Waals surface area contributed by atoms with Crippen LogP contribution in [0.5, 0.6) is 5.75 Å². The monoisotopic (exact) mass is 424 g/mol. The molecule has 1 atom stereocenters. The van der Waals surface area contributed by atoms with Crippen LogP contribution in [0.4, 0.5) is 30.7 Å². The molecular formula is C16H20ClF7N2O. The first kappa shape index (κ1) is 23.8. The molecular weight excluding hydrogens is 405 g/mol. The average molecular weight is 425 g/mol. The van der Waals surface area contributed by atoms with Crippen LogP contribution in [0.1, 0.15) is 24.4 Å². The predicted octanol–water partition coefficient (Wildman–Crippen LogP) is 4.63. The standard InChI is InChI=1S/C16H19F7N2O.ClH/c17-14(18)16(22,23)26-13-4-2-1-3-11(13)12(5-6-15(19,20)21)25-9-7-24-8-10-25;/h1-4,12,14,24H,5-10H2;1H/t12-;/m1./s1. The molecule has 1 heterocycles. The van der Waals surface area contributed by atoms with Gasteiger partial charge in [-0.1, -0.05) is 18.2 Å². The molecule has 0 spiro atoms. The van der Waals surface area contributed by atoms with Crippen LogP contribution in [0.25, 0.3) is 0 Å². The molecule has 2 rings (SSSR count). The number of nitrogens with zero attached hydrogens (tertiary/aromatic N) is 1. The Hall–Kier alpha value is -1.26. The van der Waals surface area contributed by atoms with Gasteiger partial charge in [0.05, 0.1) is 0 Å². The van der Waals surface area contributed by atoms with Gasteiger partial charge in [0.15, 0.2) is 0 Å². The fourth-order valence-electron chi connectivity index (χ4n) is 2.87. The van der Waals surface area contributed by atoms with Gasteiger partial charge in [-0.3, -0.25) is 4.90 Å². The molecule has 1 saturated heterocycles. The third-order valence-electron chi connectivity index (χ3n) is 4.07. The second-order valence-corrected chi connectivity index (χ2v) is 5.96. The zero-order valence-corrected chi connectivity index (χ0v) is 14.9. The van der Waals surface area contributed by atoms with Crippen LogP contribution in [-0.2, 0) is 0 Å². The lowest BCUT2D eigenvalue weighted by atomic mass is 9.98.